The van der Waals surface area contributed by atoms with E-state index in [0.717, 1.165) is 12.2 Å². The SMILES string of the molecule is Cl.O=C1Nc2cnc(F)cc2N2CCNC[C@@H]12. The maximum Gasteiger partial charge on any atom is 0.248 e. The number of amides is 1. The summed E-state index contributed by atoms with van der Waals surface area (Å²) in [5.74, 6) is -0.583. The van der Waals surface area contributed by atoms with E-state index in [2.05, 4.69) is 15.6 Å². The van der Waals surface area contributed by atoms with Gasteiger partial charge in [-0.3, -0.25) is 4.79 Å². The molecule has 1 aromatic heterocycles. The topological polar surface area (TPSA) is 57.3 Å². The lowest BCUT2D eigenvalue weighted by Gasteiger charge is -2.40. The molecule has 7 heteroatoms. The number of carbonyl (C=O) groups excluding carboxylic acids is 1. The number of anilines is 2. The van der Waals surface area contributed by atoms with Crippen LogP contribution in [-0.4, -0.2) is 36.6 Å². The summed E-state index contributed by atoms with van der Waals surface area (Å²) in [6, 6.07) is 1.12. The van der Waals surface area contributed by atoms with E-state index in [4.69, 9.17) is 0 Å². The fraction of sp³-hybridized carbons (Fsp3) is 0.400. The highest BCUT2D eigenvalue weighted by Crippen LogP contribution is 2.32. The first-order valence-corrected chi connectivity index (χ1v) is 5.19. The van der Waals surface area contributed by atoms with E-state index in [1.165, 1.54) is 12.3 Å². The van der Waals surface area contributed by atoms with Crippen molar-refractivity contribution in [1.29, 1.82) is 0 Å². The quantitative estimate of drug-likeness (QED) is 0.661. The fourth-order valence-corrected chi connectivity index (χ4v) is 2.20. The lowest BCUT2D eigenvalue weighted by molar-refractivity contribution is -0.117. The van der Waals surface area contributed by atoms with Crippen molar-refractivity contribution in [2.24, 2.45) is 0 Å². The monoisotopic (exact) mass is 258 g/mol. The second kappa shape index (κ2) is 4.46. The molecule has 17 heavy (non-hydrogen) atoms. The Morgan fingerprint density at radius 3 is 3.18 bits per heavy atom. The van der Waals surface area contributed by atoms with Gasteiger partial charge >= 0.3 is 0 Å². The van der Waals surface area contributed by atoms with E-state index in [9.17, 15) is 9.18 Å². The fourth-order valence-electron chi connectivity index (χ4n) is 2.20. The minimum atomic E-state index is -0.521. The first-order valence-electron chi connectivity index (χ1n) is 5.19. The van der Waals surface area contributed by atoms with Crippen LogP contribution in [0.1, 0.15) is 0 Å². The third-order valence-electron chi connectivity index (χ3n) is 2.96. The van der Waals surface area contributed by atoms with Crippen molar-refractivity contribution in [3.05, 3.63) is 18.2 Å². The van der Waals surface area contributed by atoms with Gasteiger partial charge in [0.2, 0.25) is 11.9 Å². The van der Waals surface area contributed by atoms with Gasteiger partial charge in [-0.25, -0.2) is 4.98 Å². The van der Waals surface area contributed by atoms with Crippen molar-refractivity contribution in [2.75, 3.05) is 29.9 Å². The molecule has 3 heterocycles. The largest absolute Gasteiger partial charge is 0.355 e. The second-order valence-electron chi connectivity index (χ2n) is 3.93. The maximum atomic E-state index is 13.1. The van der Waals surface area contributed by atoms with Crippen molar-refractivity contribution < 1.29 is 9.18 Å². The Kier molecular flexibility index (Phi) is 3.17. The molecule has 0 saturated carbocycles. The van der Waals surface area contributed by atoms with Gasteiger partial charge in [-0.2, -0.15) is 4.39 Å². The number of hydrogen-bond acceptors (Lipinski definition) is 4. The van der Waals surface area contributed by atoms with Gasteiger partial charge in [-0.05, 0) is 0 Å². The van der Waals surface area contributed by atoms with Gasteiger partial charge in [-0.15, -0.1) is 12.4 Å². The van der Waals surface area contributed by atoms with Crippen LogP contribution in [0.4, 0.5) is 15.8 Å². The Balaban J connectivity index is 0.00000108. The van der Waals surface area contributed by atoms with Crippen LogP contribution in [0.3, 0.4) is 0 Å². The van der Waals surface area contributed by atoms with E-state index >= 15 is 0 Å². The van der Waals surface area contributed by atoms with Crippen molar-refractivity contribution in [3.8, 4) is 0 Å². The number of carbonyl (C=O) groups is 1. The predicted molar refractivity (Wildman–Crippen MR) is 64.1 cm³/mol. The Bertz CT molecular complexity index is 456. The molecule has 3 rings (SSSR count). The molecule has 1 fully saturated rings. The van der Waals surface area contributed by atoms with Crippen molar-refractivity contribution in [1.82, 2.24) is 10.3 Å². The van der Waals surface area contributed by atoms with Crippen LogP contribution >= 0.6 is 12.4 Å². The molecule has 1 saturated heterocycles. The molecule has 92 valence electrons. The lowest BCUT2D eigenvalue weighted by atomic mass is 10.1. The average Bonchev–Trinajstić information content (AvgIpc) is 2.31. The maximum absolute atomic E-state index is 13.1. The molecule has 2 aliphatic heterocycles. The molecule has 1 aromatic rings. The summed E-state index contributed by atoms with van der Waals surface area (Å²) < 4.78 is 13.1. The Labute approximate surface area is 104 Å². The molecule has 1 atom stereocenters. The van der Waals surface area contributed by atoms with Crippen LogP contribution < -0.4 is 15.5 Å². The third-order valence-corrected chi connectivity index (χ3v) is 2.96. The van der Waals surface area contributed by atoms with Gasteiger partial charge in [-0.1, -0.05) is 0 Å². The zero-order chi connectivity index (χ0) is 11.1. The molecule has 0 spiro atoms. The van der Waals surface area contributed by atoms with Crippen LogP contribution in [0.25, 0.3) is 0 Å². The van der Waals surface area contributed by atoms with E-state index in [0.29, 0.717) is 18.8 Å². The zero-order valence-electron chi connectivity index (χ0n) is 8.94. The molecule has 5 nitrogen and oxygen atoms in total. The first-order chi connectivity index (χ1) is 7.75. The summed E-state index contributed by atoms with van der Waals surface area (Å²) >= 11 is 0. The summed E-state index contributed by atoms with van der Waals surface area (Å²) in [4.78, 5) is 17.2. The van der Waals surface area contributed by atoms with E-state index in [1.807, 2.05) is 4.90 Å². The number of nitrogens with one attached hydrogen (secondary N) is 2. The summed E-state index contributed by atoms with van der Waals surface area (Å²) in [5, 5.41) is 5.88. The third kappa shape index (κ3) is 1.94. The summed E-state index contributed by atoms with van der Waals surface area (Å²) in [6.45, 7) is 2.09. The number of fused-ring (bicyclic) bond motifs is 3. The molecule has 0 unspecified atom stereocenters. The Morgan fingerprint density at radius 1 is 1.53 bits per heavy atom. The number of piperazine rings is 1. The van der Waals surface area contributed by atoms with Crippen molar-refractivity contribution in [2.45, 2.75) is 6.04 Å². The Hall–Kier alpha value is -1.40. The van der Waals surface area contributed by atoms with Crippen LogP contribution in [0.5, 0.6) is 0 Å². The van der Waals surface area contributed by atoms with Crippen LogP contribution in [0.15, 0.2) is 12.3 Å². The van der Waals surface area contributed by atoms with Crippen LogP contribution in [0.2, 0.25) is 0 Å². The zero-order valence-corrected chi connectivity index (χ0v) is 9.76. The number of aromatic nitrogens is 1. The smallest absolute Gasteiger partial charge is 0.248 e. The number of pyridine rings is 1. The van der Waals surface area contributed by atoms with E-state index in [1.54, 1.807) is 0 Å². The molecule has 0 aliphatic carbocycles. The normalized spacial score (nSPS) is 22.1. The minimum Gasteiger partial charge on any atom is -0.355 e. The van der Waals surface area contributed by atoms with Gasteiger partial charge in [0.05, 0.1) is 17.6 Å². The summed E-state index contributed by atoms with van der Waals surface area (Å²) in [7, 11) is 0. The highest BCUT2D eigenvalue weighted by Gasteiger charge is 2.34. The standard InChI is InChI=1S/C10H11FN4O.ClH/c11-9-3-7-6(4-13-9)14-10(16)8-5-12-1-2-15(7)8;/h3-4,8,12H,1-2,5H2,(H,14,16);1H/t8-;/m0./s1. The number of halogens is 2. The molecular formula is C10H12ClFN4O. The van der Waals surface area contributed by atoms with Gasteiger partial charge in [0, 0.05) is 25.7 Å². The van der Waals surface area contributed by atoms with Crippen molar-refractivity contribution in [3.63, 3.8) is 0 Å². The molecule has 2 N–H and O–H groups in total. The van der Waals surface area contributed by atoms with Gasteiger partial charge in [0.1, 0.15) is 6.04 Å². The Morgan fingerprint density at radius 2 is 2.35 bits per heavy atom. The number of rotatable bonds is 0. The highest BCUT2D eigenvalue weighted by atomic mass is 35.5. The average molecular weight is 259 g/mol. The summed E-state index contributed by atoms with van der Waals surface area (Å²) in [6.07, 6.45) is 1.36. The molecule has 0 radical (unpaired) electrons. The number of hydrogen-bond donors (Lipinski definition) is 2. The molecule has 1 amide bonds. The first kappa shape index (κ1) is 12.1. The second-order valence-corrected chi connectivity index (χ2v) is 3.93. The number of nitrogens with zero attached hydrogens (tertiary/aromatic N) is 2. The predicted octanol–water partition coefficient (Wildman–Crippen LogP) is 0.373. The summed E-state index contributed by atoms with van der Waals surface area (Å²) in [5.41, 5.74) is 1.31. The molecule has 0 aromatic carbocycles. The molecular weight excluding hydrogens is 247 g/mol. The molecule has 0 bridgehead atoms. The van der Waals surface area contributed by atoms with Gasteiger partial charge < -0.3 is 15.5 Å². The van der Waals surface area contributed by atoms with E-state index < -0.39 is 5.95 Å². The van der Waals surface area contributed by atoms with Gasteiger partial charge in [0.25, 0.3) is 0 Å². The molecule has 2 aliphatic rings. The van der Waals surface area contributed by atoms with E-state index in [-0.39, 0.29) is 24.4 Å². The minimum absolute atomic E-state index is 0. The van der Waals surface area contributed by atoms with Crippen molar-refractivity contribution >= 4 is 29.7 Å². The highest BCUT2D eigenvalue weighted by molar-refractivity contribution is 6.03. The lowest BCUT2D eigenvalue weighted by Crippen LogP contribution is -2.58. The van der Waals surface area contributed by atoms with Crippen LogP contribution in [-0.2, 0) is 4.79 Å². The van der Waals surface area contributed by atoms with Gasteiger partial charge in [0.15, 0.2) is 0 Å². The van der Waals surface area contributed by atoms with Crippen LogP contribution in [0, 0.1) is 5.95 Å².